The summed E-state index contributed by atoms with van der Waals surface area (Å²) in [7, 11) is 1.50. The van der Waals surface area contributed by atoms with Gasteiger partial charge in [-0.05, 0) is 63.1 Å². The van der Waals surface area contributed by atoms with Crippen LogP contribution in [0.25, 0.3) is 6.08 Å². The molecule has 0 spiro atoms. The average molecular weight is 644 g/mol. The van der Waals surface area contributed by atoms with Crippen LogP contribution in [-0.4, -0.2) is 35.3 Å². The number of nitro groups is 1. The number of para-hydroxylation sites is 1. The number of esters is 1. The number of nitro benzene ring substituents is 1. The zero-order valence-corrected chi connectivity index (χ0v) is 26.8. The van der Waals surface area contributed by atoms with Crippen LogP contribution in [0.2, 0.25) is 0 Å². The number of methoxy groups -OCH3 is 1. The molecule has 1 aromatic heterocycles. The first kappa shape index (κ1) is 32.2. The summed E-state index contributed by atoms with van der Waals surface area (Å²) in [5.41, 5.74) is 2.34. The molecule has 4 aromatic rings. The van der Waals surface area contributed by atoms with Crippen molar-refractivity contribution in [3.63, 3.8) is 0 Å². The third kappa shape index (κ3) is 6.71. The van der Waals surface area contributed by atoms with Crippen molar-refractivity contribution >= 4 is 29.1 Å². The molecule has 5 rings (SSSR count). The van der Waals surface area contributed by atoms with E-state index < -0.39 is 16.9 Å². The van der Waals surface area contributed by atoms with Gasteiger partial charge in [0.15, 0.2) is 16.3 Å². The summed E-state index contributed by atoms with van der Waals surface area (Å²) in [4.78, 5) is 43.1. The van der Waals surface area contributed by atoms with Crippen LogP contribution in [0, 0.1) is 10.1 Å². The van der Waals surface area contributed by atoms with E-state index in [-0.39, 0.29) is 36.1 Å². The Hall–Kier alpha value is -5.23. The molecule has 0 unspecified atom stereocenters. The van der Waals surface area contributed by atoms with Crippen LogP contribution in [0.5, 0.6) is 17.2 Å². The van der Waals surface area contributed by atoms with Gasteiger partial charge in [-0.2, -0.15) is 0 Å². The fraction of sp³-hybridized carbons (Fsp3) is 0.265. The van der Waals surface area contributed by atoms with Gasteiger partial charge in [0, 0.05) is 17.7 Å². The van der Waals surface area contributed by atoms with E-state index in [0.29, 0.717) is 49.0 Å². The Kier molecular flexibility index (Phi) is 9.67. The summed E-state index contributed by atoms with van der Waals surface area (Å²) in [6, 6.07) is 18.0. The lowest BCUT2D eigenvalue weighted by Crippen LogP contribution is -2.40. The van der Waals surface area contributed by atoms with Gasteiger partial charge in [-0.25, -0.2) is 9.79 Å². The van der Waals surface area contributed by atoms with Crippen LogP contribution in [0.1, 0.15) is 50.4 Å². The third-order valence-electron chi connectivity index (χ3n) is 7.09. The molecule has 1 aliphatic heterocycles. The summed E-state index contributed by atoms with van der Waals surface area (Å²) in [5.74, 6) is 0.862. The van der Waals surface area contributed by atoms with Crippen molar-refractivity contribution < 1.29 is 28.7 Å². The lowest BCUT2D eigenvalue weighted by Gasteiger charge is -2.26. The van der Waals surface area contributed by atoms with Gasteiger partial charge < -0.3 is 18.9 Å². The van der Waals surface area contributed by atoms with Gasteiger partial charge >= 0.3 is 5.97 Å². The maximum Gasteiger partial charge on any atom is 0.338 e. The Morgan fingerprint density at radius 2 is 1.87 bits per heavy atom. The van der Waals surface area contributed by atoms with Gasteiger partial charge in [-0.3, -0.25) is 19.5 Å². The minimum Gasteiger partial charge on any atom is -0.493 e. The highest BCUT2D eigenvalue weighted by atomic mass is 32.1. The first-order valence-electron chi connectivity index (χ1n) is 14.6. The third-order valence-corrected chi connectivity index (χ3v) is 8.08. The van der Waals surface area contributed by atoms with Crippen molar-refractivity contribution in [3.05, 3.63) is 124 Å². The largest absolute Gasteiger partial charge is 0.493 e. The van der Waals surface area contributed by atoms with Crippen molar-refractivity contribution in [2.24, 2.45) is 4.99 Å². The molecular weight excluding hydrogens is 610 g/mol. The molecule has 0 N–H and O–H groups in total. The minimum absolute atomic E-state index is 0.0207. The van der Waals surface area contributed by atoms with Crippen molar-refractivity contribution in [3.8, 4) is 17.2 Å². The standard InChI is InChI=1S/C34H33N3O8S/c1-6-43-33(39)30-21(4)35-34-36(31(30)25-12-7-8-13-26(25)45-20(2)3)32(38)29(46-34)18-22-14-15-27(28(17-22)42-5)44-19-23-10-9-11-24(16-23)37(40)41/h7-18,20,31H,6,19H2,1-5H3/b29-18+/t31-/m0/s1. The molecule has 3 aromatic carbocycles. The molecular formula is C34H33N3O8S. The minimum atomic E-state index is -0.813. The summed E-state index contributed by atoms with van der Waals surface area (Å²) < 4.78 is 24.9. The number of thiazole rings is 1. The summed E-state index contributed by atoms with van der Waals surface area (Å²) in [5, 5.41) is 11.1. The van der Waals surface area contributed by atoms with E-state index in [0.717, 1.165) is 0 Å². The highest BCUT2D eigenvalue weighted by molar-refractivity contribution is 7.07. The Bertz CT molecular complexity index is 2010. The SMILES string of the molecule is CCOC(=O)C1=C(C)N=c2s/c(=C/c3ccc(OCc4cccc([N+](=O)[O-])c4)c(OC)c3)c(=O)n2[C@H]1c1ccccc1OC(C)C. The Morgan fingerprint density at radius 1 is 1.09 bits per heavy atom. The zero-order chi connectivity index (χ0) is 33.0. The van der Waals surface area contributed by atoms with Crippen molar-refractivity contribution in [1.29, 1.82) is 0 Å². The smallest absolute Gasteiger partial charge is 0.338 e. The molecule has 0 aliphatic carbocycles. The number of allylic oxidation sites excluding steroid dienone is 1. The lowest BCUT2D eigenvalue weighted by atomic mass is 9.95. The Morgan fingerprint density at radius 3 is 2.59 bits per heavy atom. The van der Waals surface area contributed by atoms with Crippen molar-refractivity contribution in [1.82, 2.24) is 4.57 Å². The fourth-order valence-electron chi connectivity index (χ4n) is 5.12. The molecule has 2 heterocycles. The van der Waals surface area contributed by atoms with Crippen LogP contribution in [-0.2, 0) is 16.1 Å². The number of ether oxygens (including phenoxy) is 4. The molecule has 0 saturated heterocycles. The van der Waals surface area contributed by atoms with E-state index in [4.69, 9.17) is 18.9 Å². The number of aromatic nitrogens is 1. The Balaban J connectivity index is 1.55. The predicted octanol–water partition coefficient (Wildman–Crippen LogP) is 5.08. The van der Waals surface area contributed by atoms with Crippen LogP contribution in [0.4, 0.5) is 5.69 Å². The van der Waals surface area contributed by atoms with Crippen molar-refractivity contribution in [2.45, 2.75) is 46.4 Å². The quantitative estimate of drug-likeness (QED) is 0.126. The van der Waals surface area contributed by atoms with E-state index in [1.54, 1.807) is 50.3 Å². The lowest BCUT2D eigenvalue weighted by molar-refractivity contribution is -0.384. The van der Waals surface area contributed by atoms with Gasteiger partial charge in [0.1, 0.15) is 18.4 Å². The van der Waals surface area contributed by atoms with E-state index in [1.807, 2.05) is 38.1 Å². The summed E-state index contributed by atoms with van der Waals surface area (Å²) in [6.07, 6.45) is 1.59. The average Bonchev–Trinajstić information content (AvgIpc) is 3.33. The second kappa shape index (κ2) is 13.8. The number of non-ortho nitro benzene ring substituents is 1. The topological polar surface area (TPSA) is 131 Å². The maximum atomic E-state index is 14.1. The molecule has 0 bridgehead atoms. The number of carbonyl (C=O) groups excluding carboxylic acids is 1. The number of hydrogen-bond donors (Lipinski definition) is 0. The molecule has 11 nitrogen and oxygen atoms in total. The first-order valence-corrected chi connectivity index (χ1v) is 15.4. The van der Waals surface area contributed by atoms with E-state index in [1.165, 1.54) is 35.1 Å². The first-order chi connectivity index (χ1) is 22.1. The fourth-order valence-corrected chi connectivity index (χ4v) is 6.17. The van der Waals surface area contributed by atoms with Gasteiger partial charge in [-0.1, -0.05) is 47.7 Å². The number of fused-ring (bicyclic) bond motifs is 1. The van der Waals surface area contributed by atoms with Gasteiger partial charge in [-0.15, -0.1) is 0 Å². The number of carbonyl (C=O) groups is 1. The van der Waals surface area contributed by atoms with Crippen molar-refractivity contribution in [2.75, 3.05) is 13.7 Å². The molecule has 1 atom stereocenters. The van der Waals surface area contributed by atoms with Crippen LogP contribution >= 0.6 is 11.3 Å². The second-order valence-corrected chi connectivity index (χ2v) is 11.6. The normalized spacial score (nSPS) is 14.5. The predicted molar refractivity (Wildman–Crippen MR) is 173 cm³/mol. The van der Waals surface area contributed by atoms with Gasteiger partial charge in [0.2, 0.25) is 0 Å². The number of hydrogen-bond acceptors (Lipinski definition) is 10. The molecule has 12 heteroatoms. The van der Waals surface area contributed by atoms with E-state index in [9.17, 15) is 19.7 Å². The molecule has 0 saturated carbocycles. The Labute approximate surface area is 268 Å². The van der Waals surface area contributed by atoms with Gasteiger partial charge in [0.25, 0.3) is 11.2 Å². The highest BCUT2D eigenvalue weighted by Crippen LogP contribution is 2.36. The highest BCUT2D eigenvalue weighted by Gasteiger charge is 2.35. The number of rotatable bonds is 11. The molecule has 0 amide bonds. The summed E-state index contributed by atoms with van der Waals surface area (Å²) in [6.45, 7) is 7.55. The van der Waals surface area contributed by atoms with Gasteiger partial charge in [0.05, 0.1) is 40.5 Å². The molecule has 1 aliphatic rings. The summed E-state index contributed by atoms with van der Waals surface area (Å²) >= 11 is 1.21. The molecule has 0 radical (unpaired) electrons. The monoisotopic (exact) mass is 643 g/mol. The maximum absolute atomic E-state index is 14.1. The molecule has 0 fully saturated rings. The van der Waals surface area contributed by atoms with Crippen LogP contribution in [0.3, 0.4) is 0 Å². The van der Waals surface area contributed by atoms with E-state index >= 15 is 0 Å². The van der Waals surface area contributed by atoms with Crippen LogP contribution in [0.15, 0.2) is 87.8 Å². The van der Waals surface area contributed by atoms with E-state index in [2.05, 4.69) is 4.99 Å². The zero-order valence-electron chi connectivity index (χ0n) is 26.0. The second-order valence-electron chi connectivity index (χ2n) is 10.6. The molecule has 46 heavy (non-hydrogen) atoms. The number of benzene rings is 3. The van der Waals surface area contributed by atoms with Crippen LogP contribution < -0.4 is 29.1 Å². The molecule has 238 valence electrons. The number of nitrogens with zero attached hydrogens (tertiary/aromatic N) is 3.